The maximum Gasteiger partial charge on any atom is 0.231 e. The van der Waals surface area contributed by atoms with E-state index in [1.807, 2.05) is 24.5 Å². The number of rotatable bonds is 4. The summed E-state index contributed by atoms with van der Waals surface area (Å²) in [5.74, 6) is 1.73. The molecule has 5 rings (SSSR count). The van der Waals surface area contributed by atoms with Gasteiger partial charge in [-0.1, -0.05) is 41.6 Å². The molecule has 0 spiro atoms. The van der Waals surface area contributed by atoms with Gasteiger partial charge in [0.25, 0.3) is 0 Å². The van der Waals surface area contributed by atoms with Gasteiger partial charge in [0.1, 0.15) is 0 Å². The van der Waals surface area contributed by atoms with Gasteiger partial charge >= 0.3 is 0 Å². The minimum absolute atomic E-state index is 0.338. The van der Waals surface area contributed by atoms with Crippen molar-refractivity contribution in [3.8, 4) is 11.4 Å². The quantitative estimate of drug-likeness (QED) is 0.615. The number of hydrogen-bond donors (Lipinski definition) is 1. The van der Waals surface area contributed by atoms with E-state index < -0.39 is 0 Å². The lowest BCUT2D eigenvalue weighted by Gasteiger charge is -2.05. The smallest absolute Gasteiger partial charge is 0.231 e. The summed E-state index contributed by atoms with van der Waals surface area (Å²) in [4.78, 5) is 9.02. The largest absolute Gasteiger partial charge is 0.339 e. The highest BCUT2D eigenvalue weighted by molar-refractivity contribution is 5.75. The molecule has 0 amide bonds. The van der Waals surface area contributed by atoms with E-state index >= 15 is 0 Å². The molecule has 1 saturated heterocycles. The molecule has 2 aromatic heterocycles. The Kier molecular flexibility index (Phi) is 3.75. The third-order valence-electron chi connectivity index (χ3n) is 4.94. The molecule has 0 unspecified atom stereocenters. The van der Waals surface area contributed by atoms with Crippen molar-refractivity contribution < 1.29 is 4.52 Å². The maximum absolute atomic E-state index is 5.45. The minimum Gasteiger partial charge on any atom is -0.339 e. The van der Waals surface area contributed by atoms with Crippen LogP contribution in [-0.4, -0.2) is 32.8 Å². The van der Waals surface area contributed by atoms with Crippen molar-refractivity contribution in [2.24, 2.45) is 0 Å². The van der Waals surface area contributed by atoms with Gasteiger partial charge in [0.05, 0.1) is 23.3 Å². The van der Waals surface area contributed by atoms with Crippen molar-refractivity contribution in [2.45, 2.75) is 18.9 Å². The van der Waals surface area contributed by atoms with Crippen molar-refractivity contribution in [1.29, 1.82) is 0 Å². The van der Waals surface area contributed by atoms with Crippen LogP contribution < -0.4 is 5.32 Å². The van der Waals surface area contributed by atoms with Crippen LogP contribution in [0.15, 0.2) is 59.4 Å². The molecule has 0 bridgehead atoms. The van der Waals surface area contributed by atoms with Crippen LogP contribution in [0.2, 0.25) is 0 Å². The Morgan fingerprint density at radius 3 is 2.85 bits per heavy atom. The van der Waals surface area contributed by atoms with Crippen LogP contribution in [0.5, 0.6) is 0 Å². The number of nitrogens with zero attached hydrogens (tertiary/aromatic N) is 4. The third kappa shape index (κ3) is 2.78. The molecule has 6 nitrogen and oxygen atoms in total. The number of imidazole rings is 1. The van der Waals surface area contributed by atoms with Crippen LogP contribution in [0.4, 0.5) is 0 Å². The van der Waals surface area contributed by atoms with Crippen LogP contribution >= 0.6 is 0 Å². The van der Waals surface area contributed by atoms with E-state index in [4.69, 9.17) is 4.52 Å². The van der Waals surface area contributed by atoms with Gasteiger partial charge in [-0.15, -0.1) is 0 Å². The van der Waals surface area contributed by atoms with Crippen molar-refractivity contribution in [3.05, 3.63) is 66.3 Å². The monoisotopic (exact) mass is 345 g/mol. The van der Waals surface area contributed by atoms with Crippen LogP contribution in [0, 0.1) is 0 Å². The Morgan fingerprint density at radius 2 is 2.00 bits per heavy atom. The molecule has 0 saturated carbocycles. The van der Waals surface area contributed by atoms with E-state index in [9.17, 15) is 0 Å². The molecule has 1 fully saturated rings. The number of fused-ring (bicyclic) bond motifs is 1. The van der Waals surface area contributed by atoms with Crippen LogP contribution in [0.1, 0.15) is 23.8 Å². The second-order valence-electron chi connectivity index (χ2n) is 6.70. The standard InChI is InChI=1S/C20H19N5O/c1-2-4-18-17(3-1)22-13-25(18)12-14-5-7-15(8-6-14)19-23-20(26-24-19)16-9-10-21-11-16/h1-8,13,16,21H,9-12H2/t16-/m1/s1. The summed E-state index contributed by atoms with van der Waals surface area (Å²) in [7, 11) is 0. The fraction of sp³-hybridized carbons (Fsp3) is 0.250. The summed E-state index contributed by atoms with van der Waals surface area (Å²) < 4.78 is 7.61. The maximum atomic E-state index is 5.45. The van der Waals surface area contributed by atoms with Crippen LogP contribution in [-0.2, 0) is 6.54 Å². The molecule has 1 aliphatic rings. The number of nitrogens with one attached hydrogen (secondary N) is 1. The molecule has 1 aliphatic heterocycles. The SMILES string of the molecule is c1ccc2c(c1)ncn2Cc1ccc(-c2noc([C@@H]3CCNC3)n2)cc1. The van der Waals surface area contributed by atoms with Gasteiger partial charge in [-0.05, 0) is 30.7 Å². The molecule has 2 aromatic carbocycles. The molecule has 130 valence electrons. The fourth-order valence-electron chi connectivity index (χ4n) is 3.48. The van der Waals surface area contributed by atoms with Gasteiger partial charge in [0.2, 0.25) is 11.7 Å². The summed E-state index contributed by atoms with van der Waals surface area (Å²) in [6.07, 6.45) is 2.94. The summed E-state index contributed by atoms with van der Waals surface area (Å²) in [6.45, 7) is 2.71. The van der Waals surface area contributed by atoms with E-state index in [-0.39, 0.29) is 0 Å². The molecule has 0 aliphatic carbocycles. The Bertz CT molecular complexity index is 1030. The predicted octanol–water partition coefficient (Wildman–Crippen LogP) is 3.21. The first-order chi connectivity index (χ1) is 12.9. The highest BCUT2D eigenvalue weighted by Crippen LogP contribution is 2.24. The highest BCUT2D eigenvalue weighted by atomic mass is 16.5. The minimum atomic E-state index is 0.338. The predicted molar refractivity (Wildman–Crippen MR) is 98.8 cm³/mol. The average molecular weight is 345 g/mol. The second-order valence-corrected chi connectivity index (χ2v) is 6.70. The van der Waals surface area contributed by atoms with Crippen molar-refractivity contribution in [1.82, 2.24) is 25.0 Å². The Labute approximate surface area is 150 Å². The molecule has 3 heterocycles. The highest BCUT2D eigenvalue weighted by Gasteiger charge is 2.23. The second kappa shape index (κ2) is 6.38. The zero-order valence-corrected chi connectivity index (χ0v) is 14.3. The van der Waals surface area contributed by atoms with Gasteiger partial charge in [-0.2, -0.15) is 4.98 Å². The van der Waals surface area contributed by atoms with E-state index in [2.05, 4.69) is 55.3 Å². The number of hydrogen-bond acceptors (Lipinski definition) is 5. The van der Waals surface area contributed by atoms with E-state index in [1.54, 1.807) is 0 Å². The molecule has 4 aromatic rings. The normalized spacial score (nSPS) is 17.2. The number of para-hydroxylation sites is 2. The lowest BCUT2D eigenvalue weighted by atomic mass is 10.1. The summed E-state index contributed by atoms with van der Waals surface area (Å²) in [5.41, 5.74) is 4.35. The van der Waals surface area contributed by atoms with Crippen molar-refractivity contribution in [3.63, 3.8) is 0 Å². The molecular weight excluding hydrogens is 326 g/mol. The van der Waals surface area contributed by atoms with Crippen molar-refractivity contribution >= 4 is 11.0 Å². The van der Waals surface area contributed by atoms with E-state index in [0.717, 1.165) is 48.5 Å². The first kappa shape index (κ1) is 15.3. The Hall–Kier alpha value is -2.99. The third-order valence-corrected chi connectivity index (χ3v) is 4.94. The van der Waals surface area contributed by atoms with E-state index in [0.29, 0.717) is 11.7 Å². The Balaban J connectivity index is 1.35. The molecule has 1 N–H and O–H groups in total. The summed E-state index contributed by atoms with van der Waals surface area (Å²) >= 11 is 0. The first-order valence-electron chi connectivity index (χ1n) is 8.90. The van der Waals surface area contributed by atoms with Crippen LogP contribution in [0.25, 0.3) is 22.4 Å². The molecular formula is C20H19N5O. The summed E-state index contributed by atoms with van der Waals surface area (Å²) in [5, 5.41) is 7.47. The number of aromatic nitrogens is 4. The molecule has 6 heteroatoms. The van der Waals surface area contributed by atoms with Gasteiger partial charge in [-0.3, -0.25) is 0 Å². The molecule has 1 atom stereocenters. The fourth-order valence-corrected chi connectivity index (χ4v) is 3.48. The lowest BCUT2D eigenvalue weighted by molar-refractivity contribution is 0.359. The van der Waals surface area contributed by atoms with Gasteiger partial charge in [0.15, 0.2) is 0 Å². The van der Waals surface area contributed by atoms with Gasteiger partial charge < -0.3 is 14.4 Å². The average Bonchev–Trinajstić information content (AvgIpc) is 3.43. The number of benzene rings is 2. The molecule has 0 radical (unpaired) electrons. The zero-order valence-electron chi connectivity index (χ0n) is 14.3. The summed E-state index contributed by atoms with van der Waals surface area (Å²) in [6, 6.07) is 16.5. The van der Waals surface area contributed by atoms with Crippen molar-refractivity contribution in [2.75, 3.05) is 13.1 Å². The van der Waals surface area contributed by atoms with Crippen LogP contribution in [0.3, 0.4) is 0 Å². The zero-order chi connectivity index (χ0) is 17.3. The van der Waals surface area contributed by atoms with E-state index in [1.165, 1.54) is 5.56 Å². The molecule has 26 heavy (non-hydrogen) atoms. The first-order valence-corrected chi connectivity index (χ1v) is 8.90. The van der Waals surface area contributed by atoms with Gasteiger partial charge in [-0.25, -0.2) is 4.98 Å². The topological polar surface area (TPSA) is 68.8 Å². The lowest BCUT2D eigenvalue weighted by Crippen LogP contribution is -2.08. The van der Waals surface area contributed by atoms with Gasteiger partial charge in [0, 0.05) is 18.7 Å². The Morgan fingerprint density at radius 1 is 1.12 bits per heavy atom.